The molecule has 0 saturated carbocycles. The molecule has 1 rings (SSSR count). The van der Waals surface area contributed by atoms with Gasteiger partial charge in [0.2, 0.25) is 6.29 Å². The van der Waals surface area contributed by atoms with Crippen LogP contribution in [0, 0.1) is 5.92 Å². The van der Waals surface area contributed by atoms with Gasteiger partial charge in [-0.1, -0.05) is 36.4 Å². The lowest BCUT2D eigenvalue weighted by atomic mass is 9.88. The van der Waals surface area contributed by atoms with Crippen molar-refractivity contribution in [1.82, 2.24) is 0 Å². The number of halogens is 1. The fraction of sp³-hybridized carbons (Fsp3) is 0.846. The van der Waals surface area contributed by atoms with Crippen molar-refractivity contribution >= 4 is 34.5 Å². The van der Waals surface area contributed by atoms with E-state index < -0.39 is 40.0 Å². The van der Waals surface area contributed by atoms with Gasteiger partial charge in [0.05, 0.1) is 12.0 Å². The smallest absolute Gasteiger partial charge is 0.308 e. The number of hydrogen-bond acceptors (Lipinski definition) is 6. The highest BCUT2D eigenvalue weighted by Gasteiger charge is 2.54. The van der Waals surface area contributed by atoms with Crippen LogP contribution in [-0.2, 0) is 23.8 Å². The van der Waals surface area contributed by atoms with E-state index in [1.165, 1.54) is 6.92 Å². The van der Waals surface area contributed by atoms with E-state index in [-0.39, 0.29) is 5.92 Å². The normalized spacial score (nSPS) is 37.6. The zero-order valence-electron chi connectivity index (χ0n) is 12.3. The van der Waals surface area contributed by atoms with E-state index in [0.29, 0.717) is 0 Å². The number of esters is 2. The van der Waals surface area contributed by atoms with Gasteiger partial charge in [0.25, 0.3) is 0 Å². The second-order valence-corrected chi connectivity index (χ2v) is 6.80. The van der Waals surface area contributed by atoms with Crippen LogP contribution < -0.4 is 0 Å². The average Bonchev–Trinajstić information content (AvgIpc) is 2.30. The predicted molar refractivity (Wildman–Crippen MR) is 79.3 cm³/mol. The third-order valence-electron chi connectivity index (χ3n) is 3.15. The molecular formula is C13H21IO6. The van der Waals surface area contributed by atoms with Crippen molar-refractivity contribution < 1.29 is 28.9 Å². The van der Waals surface area contributed by atoms with Crippen LogP contribution in [0.4, 0.5) is 0 Å². The molecule has 20 heavy (non-hydrogen) atoms. The van der Waals surface area contributed by atoms with Crippen molar-refractivity contribution in [1.29, 1.82) is 0 Å². The van der Waals surface area contributed by atoms with Crippen LogP contribution in [0.2, 0.25) is 0 Å². The summed E-state index contributed by atoms with van der Waals surface area (Å²) in [6.45, 7) is 7.93. The molecule has 0 aromatic rings. The molecule has 1 aliphatic rings. The zero-order chi connectivity index (χ0) is 15.7. The third-order valence-corrected chi connectivity index (χ3v) is 4.99. The van der Waals surface area contributed by atoms with Gasteiger partial charge in [0, 0.05) is 6.92 Å². The van der Waals surface area contributed by atoms with Crippen molar-refractivity contribution in [3.8, 4) is 0 Å². The Balaban J connectivity index is 2.89. The third kappa shape index (κ3) is 3.82. The molecule has 116 valence electrons. The Morgan fingerprint density at radius 2 is 1.90 bits per heavy atom. The molecule has 6 nitrogen and oxygen atoms in total. The predicted octanol–water partition coefficient (Wildman–Crippen LogP) is 1.42. The summed E-state index contributed by atoms with van der Waals surface area (Å²) in [5.74, 6) is -1.19. The summed E-state index contributed by atoms with van der Waals surface area (Å²) in [7, 11) is 0. The fourth-order valence-corrected chi connectivity index (χ4v) is 2.66. The van der Waals surface area contributed by atoms with Crippen LogP contribution in [-0.4, -0.2) is 45.1 Å². The standard InChI is InChI=1S/C13H21IO6/c1-6(2)11(16)20-10-7(3)18-12(19-8(4)15)9(14)13(10,5)17/h6-7,9-10,12,17H,1-5H3/t7-,9+,10-,12+,13-/m0/s1. The first-order valence-corrected chi connectivity index (χ1v) is 7.71. The first kappa shape index (κ1) is 17.6. The molecule has 1 fully saturated rings. The molecule has 0 amide bonds. The van der Waals surface area contributed by atoms with Gasteiger partial charge in [-0.25, -0.2) is 0 Å². The molecule has 0 unspecified atom stereocenters. The molecule has 1 saturated heterocycles. The van der Waals surface area contributed by atoms with Crippen molar-refractivity contribution in [3.05, 3.63) is 0 Å². The Labute approximate surface area is 132 Å². The number of hydrogen-bond donors (Lipinski definition) is 1. The average molecular weight is 400 g/mol. The minimum atomic E-state index is -1.36. The van der Waals surface area contributed by atoms with Crippen LogP contribution in [0.25, 0.3) is 0 Å². The Morgan fingerprint density at radius 3 is 2.35 bits per heavy atom. The SMILES string of the molecule is CC(=O)O[C@H]1O[C@@H](C)[C@H](OC(=O)C(C)C)[C@@](C)(O)[C@@H]1I. The minimum absolute atomic E-state index is 0.295. The first-order valence-electron chi connectivity index (χ1n) is 6.47. The molecule has 0 spiro atoms. The number of carbonyl (C=O) groups is 2. The van der Waals surface area contributed by atoms with Crippen LogP contribution in [0.15, 0.2) is 0 Å². The van der Waals surface area contributed by atoms with E-state index in [1.54, 1.807) is 27.7 Å². The molecule has 7 heteroatoms. The van der Waals surface area contributed by atoms with Gasteiger partial charge in [-0.3, -0.25) is 9.59 Å². The van der Waals surface area contributed by atoms with Crippen LogP contribution in [0.3, 0.4) is 0 Å². The van der Waals surface area contributed by atoms with Crippen molar-refractivity contribution in [2.45, 2.75) is 62.6 Å². The highest BCUT2D eigenvalue weighted by Crippen LogP contribution is 2.37. The second-order valence-electron chi connectivity index (χ2n) is 5.46. The molecule has 0 aliphatic carbocycles. The lowest BCUT2D eigenvalue weighted by Gasteiger charge is -2.46. The number of aliphatic hydroxyl groups is 1. The highest BCUT2D eigenvalue weighted by molar-refractivity contribution is 14.1. The van der Waals surface area contributed by atoms with E-state index in [1.807, 2.05) is 22.6 Å². The summed E-state index contributed by atoms with van der Waals surface area (Å²) >= 11 is 1.94. The van der Waals surface area contributed by atoms with Gasteiger partial charge in [-0.15, -0.1) is 0 Å². The summed E-state index contributed by atoms with van der Waals surface area (Å²) in [6.07, 6.45) is -2.26. The molecule has 5 atom stereocenters. The van der Waals surface area contributed by atoms with Gasteiger partial charge in [-0.05, 0) is 13.8 Å². The summed E-state index contributed by atoms with van der Waals surface area (Å²) < 4.78 is 15.4. The van der Waals surface area contributed by atoms with Crippen molar-refractivity contribution in [2.75, 3.05) is 0 Å². The molecule has 0 aromatic carbocycles. The van der Waals surface area contributed by atoms with Gasteiger partial charge in [0.15, 0.2) is 6.10 Å². The maximum Gasteiger partial charge on any atom is 0.308 e. The van der Waals surface area contributed by atoms with Gasteiger partial charge < -0.3 is 19.3 Å². The molecule has 0 radical (unpaired) electrons. The lowest BCUT2D eigenvalue weighted by molar-refractivity contribution is -0.263. The highest BCUT2D eigenvalue weighted by atomic mass is 127. The maximum atomic E-state index is 11.7. The van der Waals surface area contributed by atoms with E-state index in [4.69, 9.17) is 14.2 Å². The Morgan fingerprint density at radius 1 is 1.35 bits per heavy atom. The van der Waals surface area contributed by atoms with Crippen LogP contribution in [0.1, 0.15) is 34.6 Å². The molecule has 1 N–H and O–H groups in total. The Bertz CT molecular complexity index is 381. The molecule has 1 heterocycles. The van der Waals surface area contributed by atoms with Gasteiger partial charge in [-0.2, -0.15) is 0 Å². The maximum absolute atomic E-state index is 11.7. The molecule has 1 aliphatic heterocycles. The van der Waals surface area contributed by atoms with E-state index in [0.717, 1.165) is 0 Å². The topological polar surface area (TPSA) is 82.1 Å². The number of alkyl halides is 1. The van der Waals surface area contributed by atoms with Crippen LogP contribution in [0.5, 0.6) is 0 Å². The van der Waals surface area contributed by atoms with E-state index in [9.17, 15) is 14.7 Å². The van der Waals surface area contributed by atoms with Gasteiger partial charge in [0.1, 0.15) is 9.53 Å². The Kier molecular flexibility index (Phi) is 5.79. The van der Waals surface area contributed by atoms with E-state index >= 15 is 0 Å². The second kappa shape index (κ2) is 6.57. The summed E-state index contributed by atoms with van der Waals surface area (Å²) in [5, 5.41) is 10.6. The summed E-state index contributed by atoms with van der Waals surface area (Å²) in [5.41, 5.74) is -1.36. The molecular weight excluding hydrogens is 379 g/mol. The summed E-state index contributed by atoms with van der Waals surface area (Å²) in [6, 6.07) is 0. The summed E-state index contributed by atoms with van der Waals surface area (Å²) in [4.78, 5) is 22.8. The zero-order valence-corrected chi connectivity index (χ0v) is 14.4. The quantitative estimate of drug-likeness (QED) is 0.439. The monoisotopic (exact) mass is 400 g/mol. The number of rotatable bonds is 3. The first-order chi connectivity index (χ1) is 9.07. The fourth-order valence-electron chi connectivity index (χ4n) is 1.99. The number of carbonyl (C=O) groups excluding carboxylic acids is 2. The van der Waals surface area contributed by atoms with Crippen molar-refractivity contribution in [2.24, 2.45) is 5.92 Å². The number of ether oxygens (including phenoxy) is 3. The molecule has 0 bridgehead atoms. The molecule has 0 aromatic heterocycles. The Hall–Kier alpha value is -0.410. The lowest BCUT2D eigenvalue weighted by Crippen LogP contribution is -2.64. The van der Waals surface area contributed by atoms with Crippen LogP contribution >= 0.6 is 22.6 Å². The largest absolute Gasteiger partial charge is 0.456 e. The minimum Gasteiger partial charge on any atom is -0.456 e. The van der Waals surface area contributed by atoms with E-state index in [2.05, 4.69) is 0 Å². The van der Waals surface area contributed by atoms with Gasteiger partial charge >= 0.3 is 11.9 Å². The van der Waals surface area contributed by atoms with Crippen molar-refractivity contribution in [3.63, 3.8) is 0 Å².